The monoisotopic (exact) mass is 337 g/mol. The van der Waals surface area contributed by atoms with Crippen LogP contribution in [0, 0.1) is 0 Å². The number of ether oxygens (including phenoxy) is 2. The second-order valence-corrected chi connectivity index (χ2v) is 5.17. The minimum atomic E-state index is -1.03. The Kier molecular flexibility index (Phi) is 5.96. The topological polar surface area (TPSA) is 117 Å². The van der Waals surface area contributed by atoms with Crippen molar-refractivity contribution in [3.8, 4) is 11.5 Å². The molecule has 3 N–H and O–H groups in total. The number of imide groups is 1. The maximum Gasteiger partial charge on any atom is 0.325 e. The van der Waals surface area contributed by atoms with Gasteiger partial charge in [-0.2, -0.15) is 0 Å². The van der Waals surface area contributed by atoms with Crippen LogP contribution in [-0.4, -0.2) is 54.3 Å². The van der Waals surface area contributed by atoms with Crippen LogP contribution in [0.1, 0.15) is 13.3 Å². The molecule has 0 saturated carbocycles. The van der Waals surface area contributed by atoms with Gasteiger partial charge in [-0.15, -0.1) is 0 Å². The highest BCUT2D eigenvalue weighted by Crippen LogP contribution is 2.34. The van der Waals surface area contributed by atoms with Crippen LogP contribution in [0.25, 0.3) is 0 Å². The van der Waals surface area contributed by atoms with Crippen LogP contribution in [0.5, 0.6) is 11.5 Å². The summed E-state index contributed by atoms with van der Waals surface area (Å²) in [5, 5.41) is 13.5. The number of hydrogen-bond acceptors (Lipinski definition) is 6. The number of nitrogens with zero attached hydrogens (tertiary/aromatic N) is 1. The first-order valence-corrected chi connectivity index (χ1v) is 7.42. The lowest BCUT2D eigenvalue weighted by molar-refractivity contribution is -0.138. The Morgan fingerprint density at radius 3 is 2.67 bits per heavy atom. The molecule has 1 aromatic carbocycles. The summed E-state index contributed by atoms with van der Waals surface area (Å²) in [7, 11) is 0. The lowest BCUT2D eigenvalue weighted by Gasteiger charge is -2.18. The van der Waals surface area contributed by atoms with E-state index in [2.05, 4.69) is 10.6 Å². The summed E-state index contributed by atoms with van der Waals surface area (Å²) in [4.78, 5) is 35.9. The first kappa shape index (κ1) is 17.5. The van der Waals surface area contributed by atoms with Crippen LogP contribution in [0.2, 0.25) is 0 Å². The van der Waals surface area contributed by atoms with Crippen molar-refractivity contribution in [1.29, 1.82) is 0 Å². The third-order valence-corrected chi connectivity index (χ3v) is 3.15. The van der Waals surface area contributed by atoms with Crippen LogP contribution in [0.4, 0.5) is 10.5 Å². The second kappa shape index (κ2) is 8.16. The number of rotatable bonds is 7. The van der Waals surface area contributed by atoms with E-state index in [9.17, 15) is 14.4 Å². The number of carbonyl (C=O) groups excluding carboxylic acids is 2. The molecule has 1 heterocycles. The smallest absolute Gasteiger partial charge is 0.325 e. The molecule has 3 amide bonds. The molecule has 0 spiro atoms. The van der Waals surface area contributed by atoms with Crippen LogP contribution >= 0.6 is 0 Å². The largest absolute Gasteiger partial charge is 0.480 e. The number of urea groups is 1. The van der Waals surface area contributed by atoms with Crippen molar-refractivity contribution in [1.82, 2.24) is 10.2 Å². The fourth-order valence-electron chi connectivity index (χ4n) is 2.23. The van der Waals surface area contributed by atoms with Gasteiger partial charge >= 0.3 is 12.0 Å². The Morgan fingerprint density at radius 2 is 1.96 bits per heavy atom. The van der Waals surface area contributed by atoms with E-state index in [-0.39, 0.29) is 19.9 Å². The van der Waals surface area contributed by atoms with E-state index in [0.717, 1.165) is 0 Å². The second-order valence-electron chi connectivity index (χ2n) is 5.17. The maximum absolute atomic E-state index is 11.8. The Labute approximate surface area is 138 Å². The highest BCUT2D eigenvalue weighted by molar-refractivity contribution is 6.02. The van der Waals surface area contributed by atoms with Gasteiger partial charge in [0.05, 0.1) is 13.1 Å². The molecule has 0 unspecified atom stereocenters. The standard InChI is InChI=1S/C15H19N3O6/c1-2-5-18(8-14(20)21)7-13(19)17-15(22)16-10-3-4-11-12(6-10)24-9-23-11/h3-4,6H,2,5,7-9H2,1H3,(H,20,21)(H2,16,17,19,22). The van der Waals surface area contributed by atoms with Gasteiger partial charge in [-0.3, -0.25) is 19.8 Å². The van der Waals surface area contributed by atoms with E-state index in [1.54, 1.807) is 18.2 Å². The van der Waals surface area contributed by atoms with Crippen LogP contribution in [0.3, 0.4) is 0 Å². The molecule has 0 atom stereocenters. The van der Waals surface area contributed by atoms with E-state index in [4.69, 9.17) is 14.6 Å². The number of fused-ring (bicyclic) bond motifs is 1. The molecule has 130 valence electrons. The van der Waals surface area contributed by atoms with Crippen LogP contribution in [0.15, 0.2) is 18.2 Å². The zero-order valence-corrected chi connectivity index (χ0v) is 13.2. The third kappa shape index (κ3) is 5.13. The number of nitrogens with one attached hydrogen (secondary N) is 2. The summed E-state index contributed by atoms with van der Waals surface area (Å²) >= 11 is 0. The van der Waals surface area contributed by atoms with Gasteiger partial charge in [0.2, 0.25) is 12.7 Å². The summed E-state index contributed by atoms with van der Waals surface area (Å²) in [5.74, 6) is -0.514. The average molecular weight is 337 g/mol. The molecule has 1 aromatic rings. The first-order valence-electron chi connectivity index (χ1n) is 7.42. The minimum Gasteiger partial charge on any atom is -0.480 e. The summed E-state index contributed by atoms with van der Waals surface area (Å²) < 4.78 is 10.4. The lowest BCUT2D eigenvalue weighted by atomic mass is 10.3. The number of hydrogen-bond donors (Lipinski definition) is 3. The number of carboxylic acids is 1. The number of aliphatic carboxylic acids is 1. The molecule has 1 aliphatic rings. The zero-order valence-electron chi connectivity index (χ0n) is 13.2. The van der Waals surface area contributed by atoms with Gasteiger partial charge in [-0.05, 0) is 25.1 Å². The van der Waals surface area contributed by atoms with Gasteiger partial charge < -0.3 is 19.9 Å². The minimum absolute atomic E-state index is 0.125. The van der Waals surface area contributed by atoms with Crippen molar-refractivity contribution in [2.75, 3.05) is 31.7 Å². The van der Waals surface area contributed by atoms with Gasteiger partial charge in [-0.25, -0.2) is 4.79 Å². The van der Waals surface area contributed by atoms with Gasteiger partial charge in [0, 0.05) is 11.8 Å². The fraction of sp³-hybridized carbons (Fsp3) is 0.400. The predicted octanol–water partition coefficient (Wildman–Crippen LogP) is 0.860. The SMILES string of the molecule is CCCN(CC(=O)O)CC(=O)NC(=O)Nc1ccc2c(c1)OCO2. The Bertz CT molecular complexity index is 634. The zero-order chi connectivity index (χ0) is 17.5. The van der Waals surface area contributed by atoms with E-state index in [1.807, 2.05) is 6.92 Å². The fourth-order valence-corrected chi connectivity index (χ4v) is 2.23. The molecule has 0 fully saturated rings. The normalized spacial score (nSPS) is 12.1. The number of amides is 3. The van der Waals surface area contributed by atoms with Crippen molar-refractivity contribution in [2.24, 2.45) is 0 Å². The molecule has 24 heavy (non-hydrogen) atoms. The van der Waals surface area contributed by atoms with Crippen molar-refractivity contribution in [2.45, 2.75) is 13.3 Å². The van der Waals surface area contributed by atoms with Crippen molar-refractivity contribution >= 4 is 23.6 Å². The van der Waals surface area contributed by atoms with Crippen LogP contribution in [-0.2, 0) is 9.59 Å². The number of carbonyl (C=O) groups is 3. The highest BCUT2D eigenvalue weighted by Gasteiger charge is 2.17. The molecule has 1 aliphatic heterocycles. The molecule has 0 aliphatic carbocycles. The Balaban J connectivity index is 1.84. The van der Waals surface area contributed by atoms with E-state index in [0.29, 0.717) is 30.2 Å². The van der Waals surface area contributed by atoms with E-state index < -0.39 is 17.9 Å². The molecule has 2 rings (SSSR count). The van der Waals surface area contributed by atoms with E-state index >= 15 is 0 Å². The molecule has 0 aromatic heterocycles. The number of carboxylic acid groups (broad SMARTS) is 1. The first-order chi connectivity index (χ1) is 11.5. The summed E-state index contributed by atoms with van der Waals surface area (Å²) in [6.45, 7) is 2.02. The molecular weight excluding hydrogens is 318 g/mol. The van der Waals surface area contributed by atoms with Crippen molar-refractivity contribution < 1.29 is 29.0 Å². The molecule has 0 radical (unpaired) electrons. The summed E-state index contributed by atoms with van der Waals surface area (Å²) in [6, 6.07) is 4.15. The molecule has 9 heteroatoms. The van der Waals surface area contributed by atoms with Gasteiger partial charge in [0.15, 0.2) is 11.5 Å². The predicted molar refractivity (Wildman–Crippen MR) is 84.1 cm³/mol. The maximum atomic E-state index is 11.8. The van der Waals surface area contributed by atoms with Crippen LogP contribution < -0.4 is 20.1 Å². The Morgan fingerprint density at radius 1 is 1.21 bits per heavy atom. The van der Waals surface area contributed by atoms with Gasteiger partial charge in [0.25, 0.3) is 0 Å². The molecule has 0 saturated heterocycles. The van der Waals surface area contributed by atoms with E-state index in [1.165, 1.54) is 4.90 Å². The number of anilines is 1. The summed E-state index contributed by atoms with van der Waals surface area (Å²) in [5.41, 5.74) is 0.445. The summed E-state index contributed by atoms with van der Waals surface area (Å²) in [6.07, 6.45) is 0.698. The van der Waals surface area contributed by atoms with Crippen molar-refractivity contribution in [3.05, 3.63) is 18.2 Å². The molecule has 0 bridgehead atoms. The van der Waals surface area contributed by atoms with Crippen molar-refractivity contribution in [3.63, 3.8) is 0 Å². The average Bonchev–Trinajstić information content (AvgIpc) is 2.93. The third-order valence-electron chi connectivity index (χ3n) is 3.15. The quantitative estimate of drug-likeness (QED) is 0.675. The lowest BCUT2D eigenvalue weighted by Crippen LogP contribution is -2.43. The Hall–Kier alpha value is -2.81. The molecular formula is C15H19N3O6. The highest BCUT2D eigenvalue weighted by atomic mass is 16.7. The number of benzene rings is 1. The van der Waals surface area contributed by atoms with Gasteiger partial charge in [0.1, 0.15) is 0 Å². The van der Waals surface area contributed by atoms with Gasteiger partial charge in [-0.1, -0.05) is 6.92 Å². The molecule has 9 nitrogen and oxygen atoms in total.